The monoisotopic (exact) mass is 286 g/mol. The molecule has 1 fully saturated rings. The Bertz CT molecular complexity index is 413. The number of aryl methyl sites for hydroxylation is 1. The van der Waals surface area contributed by atoms with E-state index in [9.17, 15) is 4.79 Å². The van der Waals surface area contributed by atoms with Crippen molar-refractivity contribution in [2.75, 3.05) is 11.9 Å². The molecule has 0 aliphatic heterocycles. The van der Waals surface area contributed by atoms with E-state index < -0.39 is 0 Å². The lowest BCUT2D eigenvalue weighted by Gasteiger charge is -2.35. The van der Waals surface area contributed by atoms with Crippen molar-refractivity contribution in [1.29, 1.82) is 0 Å². The lowest BCUT2D eigenvalue weighted by atomic mass is 9.71. The van der Waals surface area contributed by atoms with Crippen molar-refractivity contribution in [2.45, 2.75) is 38.5 Å². The Hall–Kier alpha value is -1.07. The van der Waals surface area contributed by atoms with Crippen LogP contribution in [0, 0.1) is 5.41 Å². The summed E-state index contributed by atoms with van der Waals surface area (Å²) in [5.41, 5.74) is 6.66. The first-order chi connectivity index (χ1) is 8.63. The first-order valence-electron chi connectivity index (χ1n) is 6.62. The van der Waals surface area contributed by atoms with Crippen molar-refractivity contribution in [3.63, 3.8) is 0 Å². The molecule has 5 nitrogen and oxygen atoms in total. The fourth-order valence-electron chi connectivity index (χ4n) is 2.79. The highest BCUT2D eigenvalue weighted by atomic mass is 35.5. The highest BCUT2D eigenvalue weighted by Crippen LogP contribution is 2.38. The second-order valence-electron chi connectivity index (χ2n) is 5.39. The predicted molar refractivity (Wildman–Crippen MR) is 78.3 cm³/mol. The van der Waals surface area contributed by atoms with Crippen molar-refractivity contribution in [1.82, 2.24) is 9.78 Å². The number of nitrogens with zero attached hydrogens (tertiary/aromatic N) is 2. The highest BCUT2D eigenvalue weighted by Gasteiger charge is 2.32. The lowest BCUT2D eigenvalue weighted by molar-refractivity contribution is -0.118. The van der Waals surface area contributed by atoms with Crippen LogP contribution in [-0.4, -0.2) is 22.2 Å². The van der Waals surface area contributed by atoms with E-state index in [1.165, 1.54) is 19.3 Å². The van der Waals surface area contributed by atoms with E-state index in [0.717, 1.165) is 18.5 Å². The Kier molecular flexibility index (Phi) is 5.82. The van der Waals surface area contributed by atoms with E-state index in [-0.39, 0.29) is 23.7 Å². The molecule has 0 spiro atoms. The Balaban J connectivity index is 0.00000180. The van der Waals surface area contributed by atoms with Crippen LogP contribution in [0.1, 0.15) is 38.5 Å². The zero-order valence-corrected chi connectivity index (χ0v) is 12.2. The van der Waals surface area contributed by atoms with Gasteiger partial charge in [-0.2, -0.15) is 5.10 Å². The van der Waals surface area contributed by atoms with Crippen molar-refractivity contribution < 1.29 is 4.79 Å². The zero-order chi connectivity index (χ0) is 13.0. The molecule has 1 saturated carbocycles. The first-order valence-corrected chi connectivity index (χ1v) is 6.62. The molecular formula is C13H23ClN4O. The third kappa shape index (κ3) is 4.21. The average Bonchev–Trinajstić information content (AvgIpc) is 2.75. The second kappa shape index (κ2) is 6.91. The van der Waals surface area contributed by atoms with E-state index in [0.29, 0.717) is 13.0 Å². The maximum absolute atomic E-state index is 12.1. The summed E-state index contributed by atoms with van der Waals surface area (Å²) < 4.78 is 1.68. The van der Waals surface area contributed by atoms with Crippen molar-refractivity contribution >= 4 is 24.0 Å². The zero-order valence-electron chi connectivity index (χ0n) is 11.4. The molecule has 0 unspecified atom stereocenters. The first kappa shape index (κ1) is 16.0. The van der Waals surface area contributed by atoms with Crippen molar-refractivity contribution in [3.05, 3.63) is 12.4 Å². The van der Waals surface area contributed by atoms with Crippen molar-refractivity contribution in [2.24, 2.45) is 18.2 Å². The third-order valence-electron chi connectivity index (χ3n) is 3.87. The van der Waals surface area contributed by atoms with Gasteiger partial charge in [0.15, 0.2) is 0 Å². The van der Waals surface area contributed by atoms with Crippen LogP contribution in [0.2, 0.25) is 0 Å². The van der Waals surface area contributed by atoms with Gasteiger partial charge in [-0.05, 0) is 24.8 Å². The minimum absolute atomic E-state index is 0. The fraction of sp³-hybridized carbons (Fsp3) is 0.692. The smallest absolute Gasteiger partial charge is 0.225 e. The predicted octanol–water partition coefficient (Wildman–Crippen LogP) is 2.08. The molecule has 1 heterocycles. The topological polar surface area (TPSA) is 72.9 Å². The SMILES string of the molecule is Cl.Cn1cc(NC(=O)CC2(CN)CCCCC2)cn1. The molecule has 0 bridgehead atoms. The van der Waals surface area contributed by atoms with E-state index in [1.54, 1.807) is 17.1 Å². The molecule has 2 rings (SSSR count). The van der Waals surface area contributed by atoms with Crippen molar-refractivity contribution in [3.8, 4) is 0 Å². The third-order valence-corrected chi connectivity index (χ3v) is 3.87. The number of rotatable bonds is 4. The molecule has 0 radical (unpaired) electrons. The Labute approximate surface area is 120 Å². The van der Waals surface area contributed by atoms with Crippen LogP contribution in [0.4, 0.5) is 5.69 Å². The molecule has 0 aromatic carbocycles. The molecular weight excluding hydrogens is 264 g/mol. The minimum atomic E-state index is 0. The fourth-order valence-corrected chi connectivity index (χ4v) is 2.79. The summed E-state index contributed by atoms with van der Waals surface area (Å²) in [5, 5.41) is 6.92. The van der Waals surface area contributed by atoms with Crippen LogP contribution in [-0.2, 0) is 11.8 Å². The van der Waals surface area contributed by atoms with Gasteiger partial charge < -0.3 is 11.1 Å². The van der Waals surface area contributed by atoms with Gasteiger partial charge in [0.2, 0.25) is 5.91 Å². The number of hydrogen-bond acceptors (Lipinski definition) is 3. The summed E-state index contributed by atoms with van der Waals surface area (Å²) in [6.45, 7) is 0.605. The molecule has 0 saturated heterocycles. The maximum atomic E-state index is 12.1. The van der Waals surface area contributed by atoms with Crippen LogP contribution in [0.15, 0.2) is 12.4 Å². The second-order valence-corrected chi connectivity index (χ2v) is 5.39. The van der Waals surface area contributed by atoms with Gasteiger partial charge in [-0.15, -0.1) is 12.4 Å². The average molecular weight is 287 g/mol. The van der Waals surface area contributed by atoms with E-state index in [1.807, 2.05) is 7.05 Å². The van der Waals surface area contributed by atoms with Gasteiger partial charge >= 0.3 is 0 Å². The normalized spacial score (nSPS) is 17.6. The molecule has 19 heavy (non-hydrogen) atoms. The molecule has 1 aliphatic rings. The number of carbonyl (C=O) groups excluding carboxylic acids is 1. The summed E-state index contributed by atoms with van der Waals surface area (Å²) in [5.74, 6) is 0.0513. The summed E-state index contributed by atoms with van der Waals surface area (Å²) in [6, 6.07) is 0. The van der Waals surface area contributed by atoms with Gasteiger partial charge in [-0.25, -0.2) is 0 Å². The number of amides is 1. The molecule has 0 atom stereocenters. The quantitative estimate of drug-likeness (QED) is 0.890. The largest absolute Gasteiger partial charge is 0.330 e. The number of nitrogens with one attached hydrogen (secondary N) is 1. The Morgan fingerprint density at radius 1 is 1.47 bits per heavy atom. The Morgan fingerprint density at radius 3 is 2.68 bits per heavy atom. The number of nitrogens with two attached hydrogens (primary N) is 1. The van der Waals surface area contributed by atoms with E-state index in [2.05, 4.69) is 10.4 Å². The molecule has 108 valence electrons. The van der Waals surface area contributed by atoms with Crippen LogP contribution in [0.25, 0.3) is 0 Å². The van der Waals surface area contributed by atoms with Gasteiger partial charge in [0.05, 0.1) is 11.9 Å². The lowest BCUT2D eigenvalue weighted by Crippen LogP contribution is -2.36. The van der Waals surface area contributed by atoms with Gasteiger partial charge in [0.1, 0.15) is 0 Å². The summed E-state index contributed by atoms with van der Waals surface area (Å²) in [4.78, 5) is 12.1. The Morgan fingerprint density at radius 2 is 2.16 bits per heavy atom. The number of aromatic nitrogens is 2. The van der Waals surface area contributed by atoms with Crippen LogP contribution < -0.4 is 11.1 Å². The van der Waals surface area contributed by atoms with Crippen LogP contribution >= 0.6 is 12.4 Å². The highest BCUT2D eigenvalue weighted by molar-refractivity contribution is 5.90. The summed E-state index contributed by atoms with van der Waals surface area (Å²) in [7, 11) is 1.83. The number of hydrogen-bond donors (Lipinski definition) is 2. The van der Waals surface area contributed by atoms with Gasteiger partial charge in [0, 0.05) is 19.7 Å². The van der Waals surface area contributed by atoms with Crippen LogP contribution in [0.5, 0.6) is 0 Å². The number of carbonyl (C=O) groups is 1. The van der Waals surface area contributed by atoms with E-state index >= 15 is 0 Å². The molecule has 1 aromatic rings. The number of halogens is 1. The van der Waals surface area contributed by atoms with Gasteiger partial charge in [-0.1, -0.05) is 19.3 Å². The summed E-state index contributed by atoms with van der Waals surface area (Å²) in [6.07, 6.45) is 9.79. The molecule has 1 aliphatic carbocycles. The standard InChI is InChI=1S/C13H22N4O.ClH/c1-17-9-11(8-15-17)16-12(18)7-13(10-14)5-3-2-4-6-13;/h8-9H,2-7,10,14H2,1H3,(H,16,18);1H. The van der Waals surface area contributed by atoms with E-state index in [4.69, 9.17) is 5.73 Å². The molecule has 1 aromatic heterocycles. The van der Waals surface area contributed by atoms with Crippen LogP contribution in [0.3, 0.4) is 0 Å². The molecule has 6 heteroatoms. The summed E-state index contributed by atoms with van der Waals surface area (Å²) >= 11 is 0. The minimum Gasteiger partial charge on any atom is -0.330 e. The van der Waals surface area contributed by atoms with Gasteiger partial charge in [0.25, 0.3) is 0 Å². The maximum Gasteiger partial charge on any atom is 0.225 e. The molecule has 1 amide bonds. The molecule has 3 N–H and O–H groups in total. The van der Waals surface area contributed by atoms with Gasteiger partial charge in [-0.3, -0.25) is 9.48 Å². The number of anilines is 1.